The Morgan fingerprint density at radius 3 is 1.96 bits per heavy atom. The van der Waals surface area contributed by atoms with Crippen LogP contribution in [0.1, 0.15) is 50.5 Å². The highest BCUT2D eigenvalue weighted by Gasteiger charge is 2.30. The molecule has 0 bridgehead atoms. The van der Waals surface area contributed by atoms with E-state index in [0.29, 0.717) is 11.8 Å². The third kappa shape index (κ3) is 5.97. The molecule has 0 aliphatic rings. The zero-order valence-corrected chi connectivity index (χ0v) is 18.8. The van der Waals surface area contributed by atoms with Gasteiger partial charge in [0, 0.05) is 5.88 Å². The highest BCUT2D eigenvalue weighted by atomic mass is 35.5. The molecule has 0 heterocycles. The van der Waals surface area contributed by atoms with Crippen LogP contribution in [0.15, 0.2) is 54.6 Å². The van der Waals surface area contributed by atoms with Crippen molar-refractivity contribution in [3.63, 3.8) is 0 Å². The maximum absolute atomic E-state index is 6.79. The van der Waals surface area contributed by atoms with Gasteiger partial charge in [-0.25, -0.2) is 0 Å². The van der Waals surface area contributed by atoms with Crippen molar-refractivity contribution in [2.24, 2.45) is 5.92 Å². The van der Waals surface area contributed by atoms with Gasteiger partial charge in [0.15, 0.2) is 8.32 Å². The molecule has 0 spiro atoms. The Morgan fingerprint density at radius 2 is 1.46 bits per heavy atom. The molecule has 0 fully saturated rings. The molecule has 0 aliphatic heterocycles. The Labute approximate surface area is 165 Å². The largest absolute Gasteiger partial charge is 0.406 e. The molecule has 0 aromatic heterocycles. The minimum atomic E-state index is -1.85. The predicted molar refractivity (Wildman–Crippen MR) is 117 cm³/mol. The van der Waals surface area contributed by atoms with Crippen LogP contribution in [-0.2, 0) is 9.84 Å². The monoisotopic (exact) mass is 388 g/mol. The van der Waals surface area contributed by atoms with E-state index in [1.165, 1.54) is 16.7 Å². The van der Waals surface area contributed by atoms with Crippen LogP contribution in [0.3, 0.4) is 0 Å². The zero-order chi connectivity index (χ0) is 19.4. The maximum Gasteiger partial charge on any atom is 0.188 e. The van der Waals surface area contributed by atoms with E-state index in [1.54, 1.807) is 0 Å². The van der Waals surface area contributed by atoms with Gasteiger partial charge in [-0.2, -0.15) is 0 Å². The fourth-order valence-electron chi connectivity index (χ4n) is 3.38. The Kier molecular flexibility index (Phi) is 7.12. The number of rotatable bonds is 7. The van der Waals surface area contributed by atoms with Crippen molar-refractivity contribution >= 4 is 19.9 Å². The summed E-state index contributed by atoms with van der Waals surface area (Å²) in [6.07, 6.45) is -0.0191. The van der Waals surface area contributed by atoms with Crippen LogP contribution < -0.4 is 0 Å². The normalized spacial score (nSPS) is 14.9. The van der Waals surface area contributed by atoms with E-state index >= 15 is 0 Å². The third-order valence-corrected chi connectivity index (χ3v) is 7.80. The van der Waals surface area contributed by atoms with Crippen molar-refractivity contribution in [2.45, 2.75) is 58.4 Å². The van der Waals surface area contributed by atoms with Gasteiger partial charge in [-0.15, -0.1) is 11.6 Å². The first-order valence-corrected chi connectivity index (χ1v) is 13.2. The van der Waals surface area contributed by atoms with Gasteiger partial charge in [-0.3, -0.25) is 0 Å². The van der Waals surface area contributed by atoms with Gasteiger partial charge in [0.2, 0.25) is 0 Å². The van der Waals surface area contributed by atoms with Crippen LogP contribution in [0.25, 0.3) is 0 Å². The van der Waals surface area contributed by atoms with Gasteiger partial charge in [0.1, 0.15) is 0 Å². The molecule has 3 heteroatoms. The summed E-state index contributed by atoms with van der Waals surface area (Å²) in [6, 6.07) is 20.6. The lowest BCUT2D eigenvalue weighted by molar-refractivity contribution is 0.233. The molecule has 1 nitrogen and oxygen atoms in total. The van der Waals surface area contributed by atoms with E-state index in [2.05, 4.69) is 95.4 Å². The molecule has 0 N–H and O–H groups in total. The topological polar surface area (TPSA) is 9.23 Å². The molecule has 2 atom stereocenters. The summed E-state index contributed by atoms with van der Waals surface area (Å²) in [5.41, 5.74) is 3.95. The number of hydrogen-bond acceptors (Lipinski definition) is 1. The third-order valence-electron chi connectivity index (χ3n) is 4.72. The first-order valence-electron chi connectivity index (χ1n) is 9.51. The Morgan fingerprint density at radius 1 is 0.923 bits per heavy atom. The van der Waals surface area contributed by atoms with E-state index < -0.39 is 8.32 Å². The fourth-order valence-corrected chi connectivity index (χ4v) is 6.50. The molecule has 2 unspecified atom stereocenters. The summed E-state index contributed by atoms with van der Waals surface area (Å²) in [5, 5.41) is 0. The van der Waals surface area contributed by atoms with Crippen molar-refractivity contribution in [3.05, 3.63) is 71.3 Å². The molecule has 2 aromatic carbocycles. The highest BCUT2D eigenvalue weighted by molar-refractivity contribution is 6.71. The quantitative estimate of drug-likeness (QED) is 0.360. The smallest absolute Gasteiger partial charge is 0.188 e. The van der Waals surface area contributed by atoms with Crippen LogP contribution in [0, 0.1) is 5.92 Å². The molecule has 2 rings (SSSR count). The predicted octanol–water partition coefficient (Wildman–Crippen LogP) is 7.17. The summed E-state index contributed by atoms with van der Waals surface area (Å²) >= 11 is 6.06. The minimum Gasteiger partial charge on any atom is -0.406 e. The van der Waals surface area contributed by atoms with Crippen molar-refractivity contribution in [3.8, 4) is 0 Å². The SMILES string of the molecule is CC(CCl)C[Si](C)(C)OC(c1ccccc1)c1ccc(C(C)(C)C)cc1. The van der Waals surface area contributed by atoms with E-state index in [0.717, 1.165) is 6.04 Å². The lowest BCUT2D eigenvalue weighted by atomic mass is 9.86. The van der Waals surface area contributed by atoms with Crippen LogP contribution in [-0.4, -0.2) is 14.2 Å². The van der Waals surface area contributed by atoms with E-state index in [9.17, 15) is 0 Å². The lowest BCUT2D eigenvalue weighted by Gasteiger charge is -2.32. The summed E-state index contributed by atoms with van der Waals surface area (Å²) in [5.74, 6) is 1.17. The Bertz CT molecular complexity index is 674. The van der Waals surface area contributed by atoms with E-state index in [4.69, 9.17) is 16.0 Å². The Balaban J connectivity index is 2.33. The second-order valence-corrected chi connectivity index (χ2v) is 13.5. The van der Waals surface area contributed by atoms with Gasteiger partial charge < -0.3 is 4.43 Å². The van der Waals surface area contributed by atoms with Crippen LogP contribution in [0.5, 0.6) is 0 Å². The highest BCUT2D eigenvalue weighted by Crippen LogP contribution is 2.33. The number of benzene rings is 2. The standard InChI is InChI=1S/C23H33ClOSi/c1-18(16-24)17-26(5,6)25-22(19-10-8-7-9-11-19)20-12-14-21(15-13-20)23(2,3)4/h7-15,18,22H,16-17H2,1-6H3. The first kappa shape index (κ1) is 21.2. The number of halogens is 1. The summed E-state index contributed by atoms with van der Waals surface area (Å²) in [4.78, 5) is 0. The van der Waals surface area contributed by atoms with Crippen LogP contribution >= 0.6 is 11.6 Å². The summed E-state index contributed by atoms with van der Waals surface area (Å²) in [6.45, 7) is 13.6. The molecule has 0 radical (unpaired) electrons. The molecular weight excluding hydrogens is 356 g/mol. The Hall–Kier alpha value is -1.09. The van der Waals surface area contributed by atoms with E-state index in [1.807, 2.05) is 0 Å². The molecular formula is C23H33ClOSi. The second-order valence-electron chi connectivity index (χ2n) is 9.00. The molecule has 142 valence electrons. The fraction of sp³-hybridized carbons (Fsp3) is 0.478. The van der Waals surface area contributed by atoms with E-state index in [-0.39, 0.29) is 11.5 Å². The van der Waals surface area contributed by atoms with Crippen LogP contribution in [0.4, 0.5) is 0 Å². The average Bonchev–Trinajstić information content (AvgIpc) is 2.59. The number of hydrogen-bond donors (Lipinski definition) is 0. The van der Waals surface area contributed by atoms with Crippen molar-refractivity contribution < 1.29 is 4.43 Å². The minimum absolute atomic E-state index is 0.0191. The van der Waals surface area contributed by atoms with Gasteiger partial charge in [-0.1, -0.05) is 82.3 Å². The lowest BCUT2D eigenvalue weighted by Crippen LogP contribution is -2.34. The molecule has 0 amide bonds. The number of alkyl halides is 1. The van der Waals surface area contributed by atoms with Gasteiger partial charge >= 0.3 is 0 Å². The average molecular weight is 389 g/mol. The molecule has 0 aliphatic carbocycles. The first-order chi connectivity index (χ1) is 12.1. The van der Waals surface area contributed by atoms with Crippen LogP contribution in [0.2, 0.25) is 19.1 Å². The zero-order valence-electron chi connectivity index (χ0n) is 17.1. The van der Waals surface area contributed by atoms with Gasteiger partial charge in [-0.05, 0) is 47.2 Å². The van der Waals surface area contributed by atoms with Crippen molar-refractivity contribution in [1.29, 1.82) is 0 Å². The van der Waals surface area contributed by atoms with Gasteiger partial charge in [0.05, 0.1) is 6.10 Å². The van der Waals surface area contributed by atoms with Gasteiger partial charge in [0.25, 0.3) is 0 Å². The summed E-state index contributed by atoms with van der Waals surface area (Å²) < 4.78 is 6.79. The van der Waals surface area contributed by atoms with Crippen molar-refractivity contribution in [1.82, 2.24) is 0 Å². The second kappa shape index (κ2) is 8.73. The molecule has 0 saturated carbocycles. The maximum atomic E-state index is 6.79. The van der Waals surface area contributed by atoms with Crippen molar-refractivity contribution in [2.75, 3.05) is 5.88 Å². The summed E-state index contributed by atoms with van der Waals surface area (Å²) in [7, 11) is -1.85. The molecule has 2 aromatic rings. The molecule has 0 saturated heterocycles. The molecule has 26 heavy (non-hydrogen) atoms.